The van der Waals surface area contributed by atoms with Crippen molar-refractivity contribution < 1.29 is 21.6 Å². The van der Waals surface area contributed by atoms with Gasteiger partial charge in [0.25, 0.3) is 10.0 Å². The van der Waals surface area contributed by atoms with Crippen molar-refractivity contribution in [2.24, 2.45) is 0 Å². The van der Waals surface area contributed by atoms with Crippen LogP contribution in [0, 0.1) is 6.92 Å². The molecule has 0 aliphatic heterocycles. The molecule has 0 aliphatic carbocycles. The number of aromatic nitrogens is 2. The molecule has 0 bridgehead atoms. The molecule has 4 aromatic carbocycles. The average Bonchev–Trinajstić information content (AvgIpc) is 3.53. The Morgan fingerprint density at radius 3 is 2.03 bits per heavy atom. The van der Waals surface area contributed by atoms with Crippen molar-refractivity contribution in [3.05, 3.63) is 126 Å². The monoisotopic (exact) mass is 554 g/mol. The number of hydrogen-bond acceptors (Lipinski definition) is 5. The number of hydrogen-bond donors (Lipinski definition) is 1. The summed E-state index contributed by atoms with van der Waals surface area (Å²) in [5.74, 6) is -0.727. The second kappa shape index (κ2) is 9.07. The lowest BCUT2D eigenvalue weighted by Crippen LogP contribution is -2.20. The Morgan fingerprint density at radius 1 is 0.718 bits per heavy atom. The van der Waals surface area contributed by atoms with Crippen molar-refractivity contribution in [1.29, 1.82) is 0 Å². The lowest BCUT2D eigenvalue weighted by atomic mass is 10.1. The van der Waals surface area contributed by atoms with Crippen LogP contribution in [0.3, 0.4) is 0 Å². The van der Waals surface area contributed by atoms with Gasteiger partial charge in [0.2, 0.25) is 15.6 Å². The number of fused-ring (bicyclic) bond motifs is 2. The van der Waals surface area contributed by atoms with Crippen LogP contribution in [0.4, 0.5) is 0 Å². The van der Waals surface area contributed by atoms with Crippen LogP contribution in [0.2, 0.25) is 0 Å². The van der Waals surface area contributed by atoms with Gasteiger partial charge in [-0.3, -0.25) is 4.79 Å². The second-order valence-electron chi connectivity index (χ2n) is 9.19. The Bertz CT molecular complexity index is 2110. The summed E-state index contributed by atoms with van der Waals surface area (Å²) in [6, 6.07) is 29.1. The third kappa shape index (κ3) is 3.98. The number of nitrogens with one attached hydrogen (secondary N) is 1. The molecule has 0 fully saturated rings. The van der Waals surface area contributed by atoms with Gasteiger partial charge in [0.05, 0.1) is 20.9 Å². The minimum atomic E-state index is -4.22. The number of sulfone groups is 1. The van der Waals surface area contributed by atoms with E-state index in [0.29, 0.717) is 21.8 Å². The third-order valence-electron chi connectivity index (χ3n) is 6.65. The Labute approximate surface area is 225 Å². The van der Waals surface area contributed by atoms with Crippen molar-refractivity contribution >= 4 is 47.4 Å². The van der Waals surface area contributed by atoms with Gasteiger partial charge in [0, 0.05) is 16.3 Å². The molecule has 0 aliphatic rings. The zero-order valence-corrected chi connectivity index (χ0v) is 22.3. The summed E-state index contributed by atoms with van der Waals surface area (Å²) in [4.78, 5) is 17.3. The first kappa shape index (κ1) is 24.8. The normalized spacial score (nSPS) is 12.2. The number of para-hydroxylation sites is 1. The van der Waals surface area contributed by atoms with Gasteiger partial charge in [-0.1, -0.05) is 66.2 Å². The zero-order chi connectivity index (χ0) is 27.4. The van der Waals surface area contributed by atoms with Gasteiger partial charge in [0.1, 0.15) is 10.7 Å². The fraction of sp³-hybridized carbons (Fsp3) is 0.0333. The van der Waals surface area contributed by atoms with E-state index in [4.69, 9.17) is 0 Å². The topological polar surface area (TPSA) is 106 Å². The van der Waals surface area contributed by atoms with Crippen molar-refractivity contribution in [3.8, 4) is 0 Å². The number of aryl methyl sites for hydroxylation is 1. The maximum absolute atomic E-state index is 14.4. The smallest absolute Gasteiger partial charge is 0.268 e. The van der Waals surface area contributed by atoms with Gasteiger partial charge in [-0.15, -0.1) is 0 Å². The maximum Gasteiger partial charge on any atom is 0.268 e. The Balaban J connectivity index is 1.67. The largest absolute Gasteiger partial charge is 0.345 e. The first-order chi connectivity index (χ1) is 18.7. The molecular weight excluding hydrogens is 532 g/mol. The minimum absolute atomic E-state index is 0.00758. The summed E-state index contributed by atoms with van der Waals surface area (Å²) in [5.41, 5.74) is 1.38. The average molecular weight is 555 g/mol. The second-order valence-corrected chi connectivity index (χ2v) is 12.9. The highest BCUT2D eigenvalue weighted by atomic mass is 32.2. The number of carbonyl (C=O) groups is 1. The Hall–Kier alpha value is -4.47. The first-order valence-corrected chi connectivity index (χ1v) is 15.0. The van der Waals surface area contributed by atoms with Crippen LogP contribution in [0.5, 0.6) is 0 Å². The predicted molar refractivity (Wildman–Crippen MR) is 149 cm³/mol. The molecule has 2 aromatic heterocycles. The molecule has 1 N–H and O–H groups in total. The summed E-state index contributed by atoms with van der Waals surface area (Å²) < 4.78 is 56.4. The highest BCUT2D eigenvalue weighted by molar-refractivity contribution is 7.91. The lowest BCUT2D eigenvalue weighted by molar-refractivity contribution is 0.103. The first-order valence-electron chi connectivity index (χ1n) is 12.1. The summed E-state index contributed by atoms with van der Waals surface area (Å²) in [5, 5.41) is 0.636. The fourth-order valence-electron chi connectivity index (χ4n) is 4.81. The Kier molecular flexibility index (Phi) is 5.78. The van der Waals surface area contributed by atoms with E-state index in [-0.39, 0.29) is 26.1 Å². The highest BCUT2D eigenvalue weighted by Gasteiger charge is 2.33. The van der Waals surface area contributed by atoms with E-state index < -0.39 is 25.6 Å². The molecule has 0 unspecified atom stereocenters. The van der Waals surface area contributed by atoms with E-state index in [1.807, 2.05) is 6.92 Å². The van der Waals surface area contributed by atoms with Crippen LogP contribution in [0.15, 0.2) is 124 Å². The number of carbonyl (C=O) groups excluding carboxylic acids is 1. The molecule has 0 saturated carbocycles. The van der Waals surface area contributed by atoms with Gasteiger partial charge in [-0.2, -0.15) is 0 Å². The number of benzene rings is 4. The van der Waals surface area contributed by atoms with E-state index >= 15 is 0 Å². The van der Waals surface area contributed by atoms with Crippen LogP contribution in [-0.4, -0.2) is 31.6 Å². The van der Waals surface area contributed by atoms with Crippen LogP contribution in [0.25, 0.3) is 21.8 Å². The minimum Gasteiger partial charge on any atom is -0.345 e. The number of nitrogens with zero attached hydrogens (tertiary/aromatic N) is 1. The molecule has 0 radical (unpaired) electrons. The summed E-state index contributed by atoms with van der Waals surface area (Å²) in [6.07, 6.45) is 0. The van der Waals surface area contributed by atoms with E-state index in [9.17, 15) is 21.6 Å². The van der Waals surface area contributed by atoms with E-state index in [0.717, 1.165) is 9.54 Å². The van der Waals surface area contributed by atoms with Gasteiger partial charge in [-0.05, 0) is 55.5 Å². The molecule has 6 aromatic rings. The van der Waals surface area contributed by atoms with Crippen molar-refractivity contribution in [2.75, 3.05) is 0 Å². The fourth-order valence-corrected chi connectivity index (χ4v) is 7.81. The van der Waals surface area contributed by atoms with Crippen molar-refractivity contribution in [3.63, 3.8) is 0 Å². The molecule has 9 heteroatoms. The predicted octanol–water partition coefficient (Wildman–Crippen LogP) is 5.73. The molecule has 0 atom stereocenters. The molecule has 7 nitrogen and oxygen atoms in total. The van der Waals surface area contributed by atoms with Gasteiger partial charge in [-0.25, -0.2) is 20.8 Å². The molecule has 0 spiro atoms. The molecule has 194 valence electrons. The molecule has 0 amide bonds. The number of H-pyrrole nitrogens is 1. The molecular formula is C30H22N2O5S2. The van der Waals surface area contributed by atoms with E-state index in [1.165, 1.54) is 30.3 Å². The Morgan fingerprint density at radius 2 is 1.33 bits per heavy atom. The zero-order valence-electron chi connectivity index (χ0n) is 20.7. The van der Waals surface area contributed by atoms with E-state index in [1.54, 1.807) is 78.9 Å². The highest BCUT2D eigenvalue weighted by Crippen LogP contribution is 2.34. The van der Waals surface area contributed by atoms with Crippen molar-refractivity contribution in [2.45, 2.75) is 21.7 Å². The van der Waals surface area contributed by atoms with Crippen LogP contribution in [0.1, 0.15) is 21.6 Å². The third-order valence-corrected chi connectivity index (χ3v) is 10.1. The molecule has 6 rings (SSSR count). The summed E-state index contributed by atoms with van der Waals surface area (Å²) >= 11 is 0. The standard InChI is InChI=1S/C30H22N2O5S2/c1-20-16-17-26-21(18-20)19-27(32(26)39(36,37)23-12-6-3-7-13-23)29(33)28-24-14-8-9-15-25(24)31-30(28)38(34,35)22-10-4-2-5-11-22/h2-19,31H,1H3. The summed E-state index contributed by atoms with van der Waals surface area (Å²) in [7, 11) is -8.38. The molecule has 2 heterocycles. The molecule has 0 saturated heterocycles. The van der Waals surface area contributed by atoms with Crippen LogP contribution < -0.4 is 0 Å². The summed E-state index contributed by atoms with van der Waals surface area (Å²) in [6.45, 7) is 1.87. The molecule has 39 heavy (non-hydrogen) atoms. The number of ketones is 1. The lowest BCUT2D eigenvalue weighted by Gasteiger charge is -2.12. The quantitative estimate of drug-likeness (QED) is 0.265. The van der Waals surface area contributed by atoms with Crippen molar-refractivity contribution in [1.82, 2.24) is 8.96 Å². The number of rotatable bonds is 6. The van der Waals surface area contributed by atoms with Gasteiger partial charge in [0.15, 0.2) is 0 Å². The number of aromatic amines is 1. The van der Waals surface area contributed by atoms with E-state index in [2.05, 4.69) is 4.98 Å². The maximum atomic E-state index is 14.4. The van der Waals surface area contributed by atoms with Gasteiger partial charge >= 0.3 is 0 Å². The van der Waals surface area contributed by atoms with Gasteiger partial charge < -0.3 is 4.98 Å². The van der Waals surface area contributed by atoms with Crippen LogP contribution in [-0.2, 0) is 19.9 Å². The van der Waals surface area contributed by atoms with Crippen LogP contribution >= 0.6 is 0 Å². The SMILES string of the molecule is Cc1ccc2c(c1)cc(C(=O)c1c(S(=O)(=O)c3ccccc3)[nH]c3ccccc13)n2S(=O)(=O)c1ccccc1.